The van der Waals surface area contributed by atoms with Gasteiger partial charge < -0.3 is 25.8 Å². The van der Waals surface area contributed by atoms with Gasteiger partial charge in [-0.15, -0.1) is 12.4 Å². The van der Waals surface area contributed by atoms with Crippen LogP contribution in [-0.4, -0.2) is 49.8 Å². The average molecular weight is 280 g/mol. The number of aliphatic hydroxyl groups excluding tert-OH is 3. The number of aliphatic hydroxyl groups is 3. The molecule has 4 atom stereocenters. The van der Waals surface area contributed by atoms with Crippen molar-refractivity contribution in [2.75, 3.05) is 12.3 Å². The van der Waals surface area contributed by atoms with E-state index in [-0.39, 0.29) is 18.2 Å². The summed E-state index contributed by atoms with van der Waals surface area (Å²) in [4.78, 5) is 15.0. The number of nitrogens with two attached hydrogens (primary N) is 1. The van der Waals surface area contributed by atoms with Gasteiger partial charge in [-0.05, 0) is 6.07 Å². The topological polar surface area (TPSA) is 131 Å². The lowest BCUT2D eigenvalue weighted by atomic mass is 10.1. The fourth-order valence-electron chi connectivity index (χ4n) is 1.73. The Balaban J connectivity index is 0.00000162. The number of ether oxygens (including phenoxy) is 1. The first-order valence-corrected chi connectivity index (χ1v) is 5.01. The van der Waals surface area contributed by atoms with E-state index in [1.165, 1.54) is 12.3 Å². The molecule has 18 heavy (non-hydrogen) atoms. The first kappa shape index (κ1) is 14.9. The van der Waals surface area contributed by atoms with Crippen molar-refractivity contribution in [2.45, 2.75) is 24.5 Å². The quantitative estimate of drug-likeness (QED) is 0.486. The van der Waals surface area contributed by atoms with E-state index in [2.05, 4.69) is 4.98 Å². The van der Waals surface area contributed by atoms with Gasteiger partial charge in [0.05, 0.1) is 6.61 Å². The Morgan fingerprint density at radius 3 is 2.61 bits per heavy atom. The lowest BCUT2D eigenvalue weighted by Crippen LogP contribution is -2.36. The van der Waals surface area contributed by atoms with Crippen molar-refractivity contribution in [1.29, 1.82) is 0 Å². The fourth-order valence-corrected chi connectivity index (χ4v) is 1.73. The third-order valence-corrected chi connectivity index (χ3v) is 2.64. The molecule has 0 aliphatic carbocycles. The fraction of sp³-hybridized carbons (Fsp3) is 0.556. The van der Waals surface area contributed by atoms with Crippen molar-refractivity contribution in [2.24, 2.45) is 0 Å². The molecule has 0 amide bonds. The summed E-state index contributed by atoms with van der Waals surface area (Å²) in [6.45, 7) is -0.453. The smallest absolute Gasteiger partial charge is 0.351 e. The molecule has 1 saturated heterocycles. The monoisotopic (exact) mass is 279 g/mol. The predicted octanol–water partition coefficient (Wildman–Crippen LogP) is -2.14. The van der Waals surface area contributed by atoms with E-state index in [0.717, 1.165) is 4.57 Å². The van der Waals surface area contributed by atoms with Crippen LogP contribution in [0.3, 0.4) is 0 Å². The van der Waals surface area contributed by atoms with Gasteiger partial charge >= 0.3 is 5.69 Å². The number of halogens is 1. The van der Waals surface area contributed by atoms with E-state index in [9.17, 15) is 15.0 Å². The lowest BCUT2D eigenvalue weighted by molar-refractivity contribution is -0.0549. The Morgan fingerprint density at radius 2 is 2.11 bits per heavy atom. The van der Waals surface area contributed by atoms with Gasteiger partial charge in [-0.1, -0.05) is 0 Å². The molecule has 0 saturated carbocycles. The number of rotatable bonds is 2. The van der Waals surface area contributed by atoms with Crippen LogP contribution in [0.15, 0.2) is 17.1 Å². The summed E-state index contributed by atoms with van der Waals surface area (Å²) in [6.07, 6.45) is -3.27. The van der Waals surface area contributed by atoms with Crippen LogP contribution in [0, 0.1) is 0 Å². The standard InChI is InChI=1S/C9H13N3O5.ClH/c10-5-1-2-12(9(16)11-5)8-7(15)6(14)4(3-13)17-8;/h1-2,4,6-8,13-15H,3H2,(H2,10,11,16);1H/t4-,6-,7+,8+;/m1./s1. The molecule has 1 aliphatic heterocycles. The number of aromatic nitrogens is 2. The van der Waals surface area contributed by atoms with Crippen LogP contribution in [0.5, 0.6) is 0 Å². The van der Waals surface area contributed by atoms with Gasteiger partial charge in [0.25, 0.3) is 0 Å². The minimum Gasteiger partial charge on any atom is -0.394 e. The van der Waals surface area contributed by atoms with E-state index in [0.29, 0.717) is 0 Å². The summed E-state index contributed by atoms with van der Waals surface area (Å²) < 4.78 is 6.19. The molecule has 1 fully saturated rings. The molecule has 0 unspecified atom stereocenters. The molecule has 1 aromatic heterocycles. The van der Waals surface area contributed by atoms with Crippen LogP contribution in [0.2, 0.25) is 0 Å². The molecular weight excluding hydrogens is 266 g/mol. The molecule has 1 aromatic rings. The molecule has 9 heteroatoms. The van der Waals surface area contributed by atoms with Crippen LogP contribution in [0.4, 0.5) is 5.82 Å². The predicted molar refractivity (Wildman–Crippen MR) is 63.2 cm³/mol. The minimum absolute atomic E-state index is 0. The zero-order chi connectivity index (χ0) is 12.6. The number of nitrogen functional groups attached to an aromatic ring is 1. The Bertz CT molecular complexity index is 468. The summed E-state index contributed by atoms with van der Waals surface area (Å²) in [5.41, 5.74) is 4.63. The van der Waals surface area contributed by atoms with Gasteiger partial charge in [0.1, 0.15) is 24.1 Å². The summed E-state index contributed by atoms with van der Waals surface area (Å²) in [5, 5.41) is 28.2. The van der Waals surface area contributed by atoms with Crippen molar-refractivity contribution in [3.05, 3.63) is 22.7 Å². The van der Waals surface area contributed by atoms with Gasteiger partial charge in [-0.25, -0.2) is 4.79 Å². The van der Waals surface area contributed by atoms with Crippen LogP contribution < -0.4 is 11.4 Å². The second-order valence-electron chi connectivity index (χ2n) is 3.77. The third-order valence-electron chi connectivity index (χ3n) is 2.64. The largest absolute Gasteiger partial charge is 0.394 e. The first-order chi connectivity index (χ1) is 8.04. The molecule has 0 aromatic carbocycles. The number of anilines is 1. The summed E-state index contributed by atoms with van der Waals surface area (Å²) in [5.74, 6) is 0.0537. The highest BCUT2D eigenvalue weighted by Gasteiger charge is 2.43. The molecule has 0 spiro atoms. The number of hydrogen-bond donors (Lipinski definition) is 4. The van der Waals surface area contributed by atoms with Crippen LogP contribution in [0.1, 0.15) is 6.23 Å². The summed E-state index contributed by atoms with van der Waals surface area (Å²) in [7, 11) is 0. The van der Waals surface area contributed by atoms with E-state index in [1.807, 2.05) is 0 Å². The molecule has 0 bridgehead atoms. The van der Waals surface area contributed by atoms with Crippen molar-refractivity contribution in [3.8, 4) is 0 Å². The van der Waals surface area contributed by atoms with Crippen molar-refractivity contribution in [3.63, 3.8) is 0 Å². The molecule has 2 heterocycles. The summed E-state index contributed by atoms with van der Waals surface area (Å²) >= 11 is 0. The Hall–Kier alpha value is -1.19. The average Bonchev–Trinajstić information content (AvgIpc) is 2.57. The highest BCUT2D eigenvalue weighted by molar-refractivity contribution is 5.85. The number of nitrogens with zero attached hydrogens (tertiary/aromatic N) is 2. The van der Waals surface area contributed by atoms with Crippen molar-refractivity contribution >= 4 is 18.2 Å². The normalized spacial score (nSPS) is 31.1. The van der Waals surface area contributed by atoms with Gasteiger partial charge in [0.2, 0.25) is 0 Å². The van der Waals surface area contributed by atoms with Gasteiger partial charge in [0, 0.05) is 6.20 Å². The van der Waals surface area contributed by atoms with E-state index in [1.54, 1.807) is 0 Å². The highest BCUT2D eigenvalue weighted by atomic mass is 35.5. The van der Waals surface area contributed by atoms with Crippen LogP contribution >= 0.6 is 12.4 Å². The maximum absolute atomic E-state index is 11.5. The van der Waals surface area contributed by atoms with Gasteiger partial charge in [-0.2, -0.15) is 4.98 Å². The zero-order valence-electron chi connectivity index (χ0n) is 9.21. The lowest BCUT2D eigenvalue weighted by Gasteiger charge is -2.16. The van der Waals surface area contributed by atoms with Crippen LogP contribution in [0.25, 0.3) is 0 Å². The zero-order valence-corrected chi connectivity index (χ0v) is 10.0. The van der Waals surface area contributed by atoms with Crippen LogP contribution in [-0.2, 0) is 4.74 Å². The van der Waals surface area contributed by atoms with E-state index in [4.69, 9.17) is 15.6 Å². The minimum atomic E-state index is -1.31. The summed E-state index contributed by atoms with van der Waals surface area (Å²) in [6, 6.07) is 1.37. The maximum atomic E-state index is 11.5. The second-order valence-corrected chi connectivity index (χ2v) is 3.77. The Kier molecular flexibility index (Phi) is 4.65. The molecule has 1 aliphatic rings. The molecule has 102 valence electrons. The maximum Gasteiger partial charge on any atom is 0.351 e. The Morgan fingerprint density at radius 1 is 1.44 bits per heavy atom. The first-order valence-electron chi connectivity index (χ1n) is 5.01. The molecular formula is C9H14ClN3O5. The molecule has 5 N–H and O–H groups in total. The molecule has 8 nitrogen and oxygen atoms in total. The third kappa shape index (κ3) is 2.47. The Labute approximate surface area is 108 Å². The number of hydrogen-bond acceptors (Lipinski definition) is 7. The molecule has 0 radical (unpaired) electrons. The van der Waals surface area contributed by atoms with E-state index < -0.39 is 36.8 Å². The second kappa shape index (κ2) is 5.63. The van der Waals surface area contributed by atoms with E-state index >= 15 is 0 Å². The van der Waals surface area contributed by atoms with Crippen molar-refractivity contribution < 1.29 is 20.1 Å². The molecule has 2 rings (SSSR count). The van der Waals surface area contributed by atoms with Crippen molar-refractivity contribution in [1.82, 2.24) is 9.55 Å². The van der Waals surface area contributed by atoms with Gasteiger partial charge in [0.15, 0.2) is 6.23 Å². The SMILES string of the molecule is Cl.Nc1ccn([C@H]2O[C@H](CO)[C@@H](O)[C@@H]2O)c(=O)n1. The highest BCUT2D eigenvalue weighted by Crippen LogP contribution is 2.27. The van der Waals surface area contributed by atoms with Gasteiger partial charge in [-0.3, -0.25) is 4.57 Å².